The first-order valence-corrected chi connectivity index (χ1v) is 5.66. The zero-order valence-electron chi connectivity index (χ0n) is 7.00. The predicted octanol–water partition coefficient (Wildman–Crippen LogP) is 1.73. The third kappa shape index (κ3) is 2.33. The summed E-state index contributed by atoms with van der Waals surface area (Å²) in [5.41, 5.74) is 1.08. The number of allylic oxidation sites excluding steroid dienone is 1. The molecule has 0 unspecified atom stereocenters. The minimum absolute atomic E-state index is 0.337. The van der Waals surface area contributed by atoms with Crippen molar-refractivity contribution in [2.45, 2.75) is 26.7 Å². The lowest BCUT2D eigenvalue weighted by atomic mass is 10.0. The van der Waals surface area contributed by atoms with Gasteiger partial charge in [0, 0.05) is 5.41 Å². The first-order chi connectivity index (χ1) is 5.01. The molecular formula is C8H14O2S. The highest BCUT2D eigenvalue weighted by Crippen LogP contribution is 2.22. The molecule has 0 N–H and O–H groups in total. The first-order valence-electron chi connectivity index (χ1n) is 3.94. The van der Waals surface area contributed by atoms with Gasteiger partial charge in [-0.2, -0.15) is 0 Å². The van der Waals surface area contributed by atoms with Crippen LogP contribution in [-0.4, -0.2) is 14.2 Å². The molecule has 0 aliphatic carbocycles. The summed E-state index contributed by atoms with van der Waals surface area (Å²) in [5, 5.41) is 1.46. The van der Waals surface area contributed by atoms with Crippen molar-refractivity contribution in [3.8, 4) is 0 Å². The standard InChI is InChI=1S/C8H14O2S/c1-7(2)8-4-3-5-11(9,10)6-8/h6-7H,3-5H2,1-2H3. The summed E-state index contributed by atoms with van der Waals surface area (Å²) < 4.78 is 22.2. The Morgan fingerprint density at radius 2 is 2.09 bits per heavy atom. The van der Waals surface area contributed by atoms with Crippen molar-refractivity contribution in [1.29, 1.82) is 0 Å². The van der Waals surface area contributed by atoms with E-state index in [9.17, 15) is 8.42 Å². The summed E-state index contributed by atoms with van der Waals surface area (Å²) in [5.74, 6) is 0.716. The second-order valence-corrected chi connectivity index (χ2v) is 5.29. The summed E-state index contributed by atoms with van der Waals surface area (Å²) in [7, 11) is -2.84. The number of hydrogen-bond acceptors (Lipinski definition) is 2. The fraction of sp³-hybridized carbons (Fsp3) is 0.750. The maximum atomic E-state index is 11.1. The molecule has 1 heterocycles. The van der Waals surface area contributed by atoms with Crippen molar-refractivity contribution in [3.05, 3.63) is 11.0 Å². The van der Waals surface area contributed by atoms with Crippen LogP contribution in [0.2, 0.25) is 0 Å². The zero-order valence-corrected chi connectivity index (χ0v) is 7.82. The molecule has 0 aromatic carbocycles. The van der Waals surface area contributed by atoms with Gasteiger partial charge in [0.15, 0.2) is 9.84 Å². The molecule has 0 amide bonds. The molecule has 0 fully saturated rings. The topological polar surface area (TPSA) is 34.1 Å². The average Bonchev–Trinajstić information content (AvgIpc) is 1.85. The molecule has 1 rings (SSSR count). The molecule has 0 spiro atoms. The van der Waals surface area contributed by atoms with Crippen LogP contribution in [-0.2, 0) is 9.84 Å². The number of rotatable bonds is 1. The van der Waals surface area contributed by atoms with E-state index in [1.807, 2.05) is 13.8 Å². The van der Waals surface area contributed by atoms with Crippen LogP contribution in [0.3, 0.4) is 0 Å². The summed E-state index contributed by atoms with van der Waals surface area (Å²) >= 11 is 0. The molecule has 0 saturated heterocycles. The summed E-state index contributed by atoms with van der Waals surface area (Å²) in [4.78, 5) is 0. The van der Waals surface area contributed by atoms with Gasteiger partial charge in [0.05, 0.1) is 5.75 Å². The molecule has 0 saturated carbocycles. The fourth-order valence-corrected chi connectivity index (χ4v) is 2.77. The quantitative estimate of drug-likeness (QED) is 0.606. The lowest BCUT2D eigenvalue weighted by Crippen LogP contribution is -2.11. The fourth-order valence-electron chi connectivity index (χ4n) is 1.25. The van der Waals surface area contributed by atoms with Gasteiger partial charge < -0.3 is 0 Å². The molecule has 1 aliphatic rings. The smallest absolute Gasteiger partial charge is 0.171 e. The largest absolute Gasteiger partial charge is 0.224 e. The van der Waals surface area contributed by atoms with Crippen molar-refractivity contribution >= 4 is 9.84 Å². The molecule has 3 heteroatoms. The lowest BCUT2D eigenvalue weighted by molar-refractivity contribution is 0.592. The Hall–Kier alpha value is -0.310. The molecule has 0 aromatic rings. The van der Waals surface area contributed by atoms with Gasteiger partial charge in [-0.1, -0.05) is 19.4 Å². The molecule has 2 nitrogen and oxygen atoms in total. The van der Waals surface area contributed by atoms with E-state index in [0.29, 0.717) is 11.7 Å². The SMILES string of the molecule is CC(C)C1=CS(=O)(=O)CCC1. The summed E-state index contributed by atoms with van der Waals surface area (Å²) in [6.45, 7) is 4.07. The molecule has 0 radical (unpaired) electrons. The van der Waals surface area contributed by atoms with Gasteiger partial charge in [0.1, 0.15) is 0 Å². The highest BCUT2D eigenvalue weighted by molar-refractivity contribution is 7.94. The van der Waals surface area contributed by atoms with E-state index < -0.39 is 9.84 Å². The molecule has 64 valence electrons. The van der Waals surface area contributed by atoms with Crippen molar-refractivity contribution in [1.82, 2.24) is 0 Å². The van der Waals surface area contributed by atoms with Crippen LogP contribution in [0, 0.1) is 5.92 Å². The summed E-state index contributed by atoms with van der Waals surface area (Å²) in [6, 6.07) is 0. The van der Waals surface area contributed by atoms with Crippen molar-refractivity contribution in [2.24, 2.45) is 5.92 Å². The van der Waals surface area contributed by atoms with Gasteiger partial charge >= 0.3 is 0 Å². The first kappa shape index (κ1) is 8.78. The minimum atomic E-state index is -2.84. The van der Waals surface area contributed by atoms with Crippen molar-refractivity contribution < 1.29 is 8.42 Å². The lowest BCUT2D eigenvalue weighted by Gasteiger charge is -2.15. The average molecular weight is 174 g/mol. The van der Waals surface area contributed by atoms with Crippen LogP contribution in [0.4, 0.5) is 0 Å². The van der Waals surface area contributed by atoms with Gasteiger partial charge in [-0.05, 0) is 18.8 Å². The van der Waals surface area contributed by atoms with Crippen LogP contribution < -0.4 is 0 Å². The normalized spacial score (nSPS) is 23.4. The van der Waals surface area contributed by atoms with E-state index in [2.05, 4.69) is 0 Å². The Balaban J connectivity index is 2.91. The van der Waals surface area contributed by atoms with Gasteiger partial charge in [-0.25, -0.2) is 8.42 Å². The second-order valence-electron chi connectivity index (χ2n) is 3.32. The van der Waals surface area contributed by atoms with Crippen LogP contribution >= 0.6 is 0 Å². The van der Waals surface area contributed by atoms with Crippen molar-refractivity contribution in [2.75, 3.05) is 5.75 Å². The van der Waals surface area contributed by atoms with E-state index in [-0.39, 0.29) is 0 Å². The Labute approximate surface area is 68.2 Å². The molecule has 0 atom stereocenters. The maximum Gasteiger partial charge on any atom is 0.171 e. The monoisotopic (exact) mass is 174 g/mol. The highest BCUT2D eigenvalue weighted by Gasteiger charge is 2.16. The van der Waals surface area contributed by atoms with Crippen LogP contribution in [0.15, 0.2) is 11.0 Å². The van der Waals surface area contributed by atoms with Crippen LogP contribution in [0.5, 0.6) is 0 Å². The highest BCUT2D eigenvalue weighted by atomic mass is 32.2. The van der Waals surface area contributed by atoms with Gasteiger partial charge in [0.25, 0.3) is 0 Å². The Morgan fingerprint density at radius 1 is 1.45 bits per heavy atom. The van der Waals surface area contributed by atoms with E-state index in [1.54, 1.807) is 0 Å². The molecule has 0 bridgehead atoms. The molecular weight excluding hydrogens is 160 g/mol. The van der Waals surface area contributed by atoms with Crippen molar-refractivity contribution in [3.63, 3.8) is 0 Å². The van der Waals surface area contributed by atoms with Crippen LogP contribution in [0.25, 0.3) is 0 Å². The Kier molecular flexibility index (Phi) is 2.37. The van der Waals surface area contributed by atoms with Gasteiger partial charge in [0.2, 0.25) is 0 Å². The number of hydrogen-bond donors (Lipinski definition) is 0. The number of sulfone groups is 1. The Morgan fingerprint density at radius 3 is 2.45 bits per heavy atom. The van der Waals surface area contributed by atoms with Crippen LogP contribution in [0.1, 0.15) is 26.7 Å². The maximum absolute atomic E-state index is 11.1. The minimum Gasteiger partial charge on any atom is -0.224 e. The third-order valence-electron chi connectivity index (χ3n) is 1.97. The van der Waals surface area contributed by atoms with E-state index >= 15 is 0 Å². The third-order valence-corrected chi connectivity index (χ3v) is 3.49. The zero-order chi connectivity index (χ0) is 8.48. The van der Waals surface area contributed by atoms with Gasteiger partial charge in [-0.3, -0.25) is 0 Å². The summed E-state index contributed by atoms with van der Waals surface area (Å²) in [6.07, 6.45) is 1.75. The predicted molar refractivity (Wildman–Crippen MR) is 45.9 cm³/mol. The van der Waals surface area contributed by atoms with E-state index in [4.69, 9.17) is 0 Å². The molecule has 1 aliphatic heterocycles. The molecule has 0 aromatic heterocycles. The van der Waals surface area contributed by atoms with E-state index in [0.717, 1.165) is 18.4 Å². The second kappa shape index (κ2) is 2.97. The van der Waals surface area contributed by atoms with Gasteiger partial charge in [-0.15, -0.1) is 0 Å². The van der Waals surface area contributed by atoms with E-state index in [1.165, 1.54) is 5.41 Å². The Bertz CT molecular complexity index is 260. The molecule has 11 heavy (non-hydrogen) atoms.